The Hall–Kier alpha value is 0.882. The third-order valence-corrected chi connectivity index (χ3v) is 0.500. The van der Waals surface area contributed by atoms with Crippen molar-refractivity contribution in [1.82, 2.24) is 5.32 Å². The summed E-state index contributed by atoms with van der Waals surface area (Å²) in [4.78, 5) is 0. The fourth-order valence-corrected chi connectivity index (χ4v) is 0.250. The van der Waals surface area contributed by atoms with Crippen molar-refractivity contribution in [3.63, 3.8) is 0 Å². The molecule has 0 heterocycles. The Balaban J connectivity index is 0. The van der Waals surface area contributed by atoms with E-state index >= 15 is 0 Å². The molecule has 0 aliphatic carbocycles. The van der Waals surface area contributed by atoms with Gasteiger partial charge in [-0.15, -0.1) is 0 Å². The maximum absolute atomic E-state index is 3.11. The first kappa shape index (κ1) is 9.99. The first-order valence-corrected chi connectivity index (χ1v) is 2.12. The summed E-state index contributed by atoms with van der Waals surface area (Å²) in [7, 11) is 0. The predicted octanol–water partition coefficient (Wildman–Crippen LogP) is -0.300. The predicted molar refractivity (Wildman–Crippen MR) is 32.8 cm³/mol. The van der Waals surface area contributed by atoms with Crippen LogP contribution in [0.25, 0.3) is 0 Å². The normalized spacial score (nSPS) is 7.00. The Morgan fingerprint density at radius 1 is 1.17 bits per heavy atom. The summed E-state index contributed by atoms with van der Waals surface area (Å²) >= 11 is 0. The molecule has 0 aromatic rings. The van der Waals surface area contributed by atoms with Crippen LogP contribution >= 0.6 is 0 Å². The van der Waals surface area contributed by atoms with E-state index in [0.29, 0.717) is 0 Å². The number of rotatable bonds is 2. The molecule has 0 aromatic carbocycles. The number of nitrogens with one attached hydrogen (secondary N) is 1. The van der Waals surface area contributed by atoms with E-state index in [1.807, 2.05) is 0 Å². The number of hydrogen-bond acceptors (Lipinski definition) is 1. The van der Waals surface area contributed by atoms with Crippen LogP contribution in [0.4, 0.5) is 0 Å². The molecule has 0 bridgehead atoms. The van der Waals surface area contributed by atoms with E-state index in [2.05, 4.69) is 19.2 Å². The molecule has 2 heteroatoms. The van der Waals surface area contributed by atoms with Gasteiger partial charge >= 0.3 is 27.3 Å². The molecule has 0 rings (SSSR count). The summed E-state index contributed by atoms with van der Waals surface area (Å²) in [6.45, 7) is 6.39. The van der Waals surface area contributed by atoms with Gasteiger partial charge in [-0.1, -0.05) is 13.8 Å². The zero-order valence-electron chi connectivity index (χ0n) is 4.62. The SMILES string of the molecule is CCNCC.[PbH2]. The molecule has 0 atom stereocenters. The molecule has 1 nitrogen and oxygen atoms in total. The Morgan fingerprint density at radius 3 is 1.50 bits per heavy atom. The molecule has 0 amide bonds. The van der Waals surface area contributed by atoms with Gasteiger partial charge in [0.1, 0.15) is 0 Å². The molecule has 0 spiro atoms. The van der Waals surface area contributed by atoms with Crippen molar-refractivity contribution >= 4 is 27.3 Å². The monoisotopic (exact) mass is 283 g/mol. The first-order valence-electron chi connectivity index (χ1n) is 2.12. The molecule has 0 unspecified atom stereocenters. The van der Waals surface area contributed by atoms with Gasteiger partial charge in [0.05, 0.1) is 0 Å². The van der Waals surface area contributed by atoms with Crippen LogP contribution in [0, 0.1) is 0 Å². The van der Waals surface area contributed by atoms with E-state index in [1.54, 1.807) is 0 Å². The van der Waals surface area contributed by atoms with Crippen molar-refractivity contribution in [2.45, 2.75) is 13.8 Å². The van der Waals surface area contributed by atoms with Gasteiger partial charge in [0.25, 0.3) is 0 Å². The van der Waals surface area contributed by atoms with Crippen molar-refractivity contribution in [3.05, 3.63) is 0 Å². The van der Waals surface area contributed by atoms with Crippen molar-refractivity contribution < 1.29 is 0 Å². The van der Waals surface area contributed by atoms with Crippen LogP contribution < -0.4 is 5.32 Å². The first-order chi connectivity index (χ1) is 2.41. The zero-order chi connectivity index (χ0) is 4.12. The fourth-order valence-electron chi connectivity index (χ4n) is 0.250. The number of hydrogen-bond donors (Lipinski definition) is 1. The molecule has 38 valence electrons. The Labute approximate surface area is 59.7 Å². The van der Waals surface area contributed by atoms with Crippen molar-refractivity contribution in [2.75, 3.05) is 13.1 Å². The van der Waals surface area contributed by atoms with Crippen molar-refractivity contribution in [2.24, 2.45) is 0 Å². The van der Waals surface area contributed by atoms with E-state index in [0.717, 1.165) is 13.1 Å². The van der Waals surface area contributed by atoms with E-state index in [-0.39, 0.29) is 27.3 Å². The molecule has 2 radical (unpaired) electrons. The minimum absolute atomic E-state index is 0. The van der Waals surface area contributed by atoms with Crippen LogP contribution in [0.2, 0.25) is 0 Å². The summed E-state index contributed by atoms with van der Waals surface area (Å²) in [5, 5.41) is 3.11. The van der Waals surface area contributed by atoms with Gasteiger partial charge < -0.3 is 5.32 Å². The molecule has 1 N–H and O–H groups in total. The van der Waals surface area contributed by atoms with Gasteiger partial charge in [-0.3, -0.25) is 0 Å². The van der Waals surface area contributed by atoms with E-state index in [9.17, 15) is 0 Å². The molecule has 0 saturated carbocycles. The van der Waals surface area contributed by atoms with Crippen LogP contribution in [-0.4, -0.2) is 40.4 Å². The molecule has 0 fully saturated rings. The van der Waals surface area contributed by atoms with Crippen LogP contribution in [0.5, 0.6) is 0 Å². The molecule has 0 aliphatic rings. The summed E-state index contributed by atoms with van der Waals surface area (Å²) in [5.41, 5.74) is 0. The van der Waals surface area contributed by atoms with Crippen LogP contribution in [0.3, 0.4) is 0 Å². The van der Waals surface area contributed by atoms with Gasteiger partial charge in [-0.05, 0) is 13.1 Å². The summed E-state index contributed by atoms with van der Waals surface area (Å²) in [6, 6.07) is 0. The molecule has 6 heavy (non-hydrogen) atoms. The minimum atomic E-state index is 0. The Morgan fingerprint density at radius 2 is 1.50 bits per heavy atom. The standard InChI is InChI=1S/C4H11N.Pb.2H/c1-3-5-4-2;;;/h5H,3-4H2,1-2H3;;;. The molecular weight excluding hydrogens is 269 g/mol. The molecular formula is C4H13NPb. The van der Waals surface area contributed by atoms with E-state index in [4.69, 9.17) is 0 Å². The van der Waals surface area contributed by atoms with Crippen molar-refractivity contribution in [3.8, 4) is 0 Å². The summed E-state index contributed by atoms with van der Waals surface area (Å²) in [6.07, 6.45) is 0. The van der Waals surface area contributed by atoms with E-state index < -0.39 is 0 Å². The molecule has 0 aromatic heterocycles. The quantitative estimate of drug-likeness (QED) is 0.686. The maximum atomic E-state index is 3.11. The average Bonchev–Trinajstić information content (AvgIpc) is 1.41. The fraction of sp³-hybridized carbons (Fsp3) is 1.00. The Kier molecular flexibility index (Phi) is 15.5. The van der Waals surface area contributed by atoms with Gasteiger partial charge in [0.2, 0.25) is 0 Å². The summed E-state index contributed by atoms with van der Waals surface area (Å²) < 4.78 is 0. The molecule has 0 saturated heterocycles. The van der Waals surface area contributed by atoms with E-state index in [1.165, 1.54) is 0 Å². The topological polar surface area (TPSA) is 12.0 Å². The third kappa shape index (κ3) is 8.86. The van der Waals surface area contributed by atoms with Gasteiger partial charge in [0, 0.05) is 0 Å². The second-order valence-corrected chi connectivity index (χ2v) is 0.957. The van der Waals surface area contributed by atoms with Gasteiger partial charge in [-0.25, -0.2) is 0 Å². The second kappa shape index (κ2) is 9.30. The van der Waals surface area contributed by atoms with Crippen molar-refractivity contribution in [1.29, 1.82) is 0 Å². The molecule has 0 aliphatic heterocycles. The van der Waals surface area contributed by atoms with Gasteiger partial charge in [0.15, 0.2) is 0 Å². The second-order valence-electron chi connectivity index (χ2n) is 0.957. The van der Waals surface area contributed by atoms with Crippen LogP contribution in [-0.2, 0) is 0 Å². The Bertz CT molecular complexity index is 15.0. The summed E-state index contributed by atoms with van der Waals surface area (Å²) in [5.74, 6) is 0. The average molecular weight is 282 g/mol. The zero-order valence-corrected chi connectivity index (χ0v) is 10.1. The van der Waals surface area contributed by atoms with Gasteiger partial charge in [-0.2, -0.15) is 0 Å². The van der Waals surface area contributed by atoms with Crippen LogP contribution in [0.1, 0.15) is 13.8 Å². The van der Waals surface area contributed by atoms with Crippen LogP contribution in [0.15, 0.2) is 0 Å². The third-order valence-electron chi connectivity index (χ3n) is 0.500.